The predicted octanol–water partition coefficient (Wildman–Crippen LogP) is 1.67. The van der Waals surface area contributed by atoms with Crippen LogP contribution in [0.2, 0.25) is 0 Å². The standard InChI is InChI=1S/C14H23N3O/c1-3-14(18)13-6-5-12(11-15-13)17-9-7-16(4-2)8-10-17/h5-6,11,14,18H,3-4,7-10H2,1-2H3/t14-/m0/s1. The molecule has 1 N–H and O–H groups in total. The van der Waals surface area contributed by atoms with Crippen LogP contribution in [-0.4, -0.2) is 47.7 Å². The van der Waals surface area contributed by atoms with E-state index in [0.29, 0.717) is 6.42 Å². The molecule has 0 saturated carbocycles. The van der Waals surface area contributed by atoms with Crippen molar-refractivity contribution in [2.24, 2.45) is 0 Å². The quantitative estimate of drug-likeness (QED) is 0.881. The molecule has 18 heavy (non-hydrogen) atoms. The Kier molecular flexibility index (Phi) is 4.55. The van der Waals surface area contributed by atoms with Gasteiger partial charge in [0.05, 0.1) is 23.7 Å². The summed E-state index contributed by atoms with van der Waals surface area (Å²) in [6, 6.07) is 4.01. The summed E-state index contributed by atoms with van der Waals surface area (Å²) in [6.45, 7) is 9.66. The Morgan fingerprint density at radius 1 is 1.22 bits per heavy atom. The fourth-order valence-corrected chi connectivity index (χ4v) is 2.31. The molecule has 0 aliphatic carbocycles. The highest BCUT2D eigenvalue weighted by molar-refractivity contribution is 5.45. The molecule has 2 heterocycles. The summed E-state index contributed by atoms with van der Waals surface area (Å²) in [6.07, 6.45) is 2.16. The summed E-state index contributed by atoms with van der Waals surface area (Å²) in [5.74, 6) is 0. The lowest BCUT2D eigenvalue weighted by Gasteiger charge is -2.35. The first-order valence-electron chi connectivity index (χ1n) is 6.86. The van der Waals surface area contributed by atoms with Crippen molar-refractivity contribution < 1.29 is 5.11 Å². The van der Waals surface area contributed by atoms with E-state index in [9.17, 15) is 5.11 Å². The van der Waals surface area contributed by atoms with Gasteiger partial charge in [-0.25, -0.2) is 0 Å². The van der Waals surface area contributed by atoms with E-state index in [0.717, 1.165) is 44.1 Å². The molecule has 0 spiro atoms. The number of hydrogen-bond acceptors (Lipinski definition) is 4. The first kappa shape index (κ1) is 13.3. The number of aromatic nitrogens is 1. The van der Waals surface area contributed by atoms with Crippen molar-refractivity contribution in [1.29, 1.82) is 0 Å². The smallest absolute Gasteiger partial charge is 0.0957 e. The number of pyridine rings is 1. The van der Waals surface area contributed by atoms with Gasteiger partial charge in [0.25, 0.3) is 0 Å². The summed E-state index contributed by atoms with van der Waals surface area (Å²) in [4.78, 5) is 9.18. The van der Waals surface area contributed by atoms with Crippen molar-refractivity contribution >= 4 is 5.69 Å². The topological polar surface area (TPSA) is 39.6 Å². The van der Waals surface area contributed by atoms with Gasteiger partial charge < -0.3 is 14.9 Å². The minimum Gasteiger partial charge on any atom is -0.387 e. The molecule has 1 fully saturated rings. The maximum atomic E-state index is 9.71. The van der Waals surface area contributed by atoms with Crippen LogP contribution in [0.3, 0.4) is 0 Å². The van der Waals surface area contributed by atoms with E-state index in [1.54, 1.807) is 0 Å². The molecule has 2 rings (SSSR count). The summed E-state index contributed by atoms with van der Waals surface area (Å²) in [7, 11) is 0. The Labute approximate surface area is 109 Å². The molecule has 1 aromatic heterocycles. The lowest BCUT2D eigenvalue weighted by molar-refractivity contribution is 0.169. The number of aliphatic hydroxyl groups excluding tert-OH is 1. The highest BCUT2D eigenvalue weighted by Crippen LogP contribution is 2.19. The van der Waals surface area contributed by atoms with Crippen LogP contribution in [0.25, 0.3) is 0 Å². The number of likely N-dealkylation sites (N-methyl/N-ethyl adjacent to an activating group) is 1. The molecular weight excluding hydrogens is 226 g/mol. The van der Waals surface area contributed by atoms with Crippen LogP contribution in [0.1, 0.15) is 32.1 Å². The van der Waals surface area contributed by atoms with Gasteiger partial charge in [-0.2, -0.15) is 0 Å². The molecule has 100 valence electrons. The van der Waals surface area contributed by atoms with Gasteiger partial charge in [0.15, 0.2) is 0 Å². The van der Waals surface area contributed by atoms with Crippen LogP contribution in [0.4, 0.5) is 5.69 Å². The first-order chi connectivity index (χ1) is 8.74. The van der Waals surface area contributed by atoms with Crippen LogP contribution >= 0.6 is 0 Å². The summed E-state index contributed by atoms with van der Waals surface area (Å²) < 4.78 is 0. The van der Waals surface area contributed by atoms with Gasteiger partial charge in [-0.3, -0.25) is 4.98 Å². The molecule has 1 aliphatic rings. The van der Waals surface area contributed by atoms with Crippen LogP contribution in [-0.2, 0) is 0 Å². The summed E-state index contributed by atoms with van der Waals surface area (Å²) in [5, 5.41) is 9.71. The fraction of sp³-hybridized carbons (Fsp3) is 0.643. The lowest BCUT2D eigenvalue weighted by atomic mass is 10.2. The first-order valence-corrected chi connectivity index (χ1v) is 6.86. The Morgan fingerprint density at radius 3 is 2.44 bits per heavy atom. The highest BCUT2D eigenvalue weighted by atomic mass is 16.3. The van der Waals surface area contributed by atoms with Gasteiger partial charge >= 0.3 is 0 Å². The maximum Gasteiger partial charge on any atom is 0.0957 e. The Hall–Kier alpha value is -1.13. The van der Waals surface area contributed by atoms with Gasteiger partial charge in [-0.05, 0) is 25.1 Å². The fourth-order valence-electron chi connectivity index (χ4n) is 2.31. The van der Waals surface area contributed by atoms with Gasteiger partial charge in [0.2, 0.25) is 0 Å². The predicted molar refractivity (Wildman–Crippen MR) is 73.8 cm³/mol. The number of nitrogens with zero attached hydrogens (tertiary/aromatic N) is 3. The lowest BCUT2D eigenvalue weighted by Crippen LogP contribution is -2.46. The van der Waals surface area contributed by atoms with Gasteiger partial charge in [-0.15, -0.1) is 0 Å². The third kappa shape index (κ3) is 3.00. The number of aliphatic hydroxyl groups is 1. The average Bonchev–Trinajstić information content (AvgIpc) is 2.47. The van der Waals surface area contributed by atoms with Crippen molar-refractivity contribution in [2.75, 3.05) is 37.6 Å². The number of rotatable bonds is 4. The zero-order chi connectivity index (χ0) is 13.0. The van der Waals surface area contributed by atoms with Crippen molar-refractivity contribution in [3.63, 3.8) is 0 Å². The Morgan fingerprint density at radius 2 is 1.94 bits per heavy atom. The van der Waals surface area contributed by atoms with E-state index in [1.807, 2.05) is 19.2 Å². The zero-order valence-corrected chi connectivity index (χ0v) is 11.3. The second-order valence-electron chi connectivity index (χ2n) is 4.79. The number of hydrogen-bond donors (Lipinski definition) is 1. The molecule has 0 radical (unpaired) electrons. The van der Waals surface area contributed by atoms with E-state index in [-0.39, 0.29) is 0 Å². The minimum absolute atomic E-state index is 0.434. The number of anilines is 1. The molecule has 0 unspecified atom stereocenters. The molecular formula is C14H23N3O. The third-order valence-corrected chi connectivity index (χ3v) is 3.68. The van der Waals surface area contributed by atoms with Gasteiger partial charge in [-0.1, -0.05) is 13.8 Å². The monoisotopic (exact) mass is 249 g/mol. The number of piperazine rings is 1. The molecule has 1 atom stereocenters. The molecule has 4 nitrogen and oxygen atoms in total. The minimum atomic E-state index is -0.434. The molecule has 0 aromatic carbocycles. The molecule has 1 aliphatic heterocycles. The Bertz CT molecular complexity index is 358. The second-order valence-corrected chi connectivity index (χ2v) is 4.79. The molecule has 1 aromatic rings. The van der Waals surface area contributed by atoms with Gasteiger partial charge in [0, 0.05) is 26.2 Å². The molecule has 0 bridgehead atoms. The third-order valence-electron chi connectivity index (χ3n) is 3.68. The maximum absolute atomic E-state index is 9.71. The normalized spacial score (nSPS) is 18.9. The van der Waals surface area contributed by atoms with E-state index >= 15 is 0 Å². The zero-order valence-electron chi connectivity index (χ0n) is 11.3. The van der Waals surface area contributed by atoms with Gasteiger partial charge in [0.1, 0.15) is 0 Å². The van der Waals surface area contributed by atoms with Crippen LogP contribution < -0.4 is 4.90 Å². The van der Waals surface area contributed by atoms with Crippen molar-refractivity contribution in [3.05, 3.63) is 24.0 Å². The van der Waals surface area contributed by atoms with Crippen molar-refractivity contribution in [2.45, 2.75) is 26.4 Å². The van der Waals surface area contributed by atoms with Crippen molar-refractivity contribution in [1.82, 2.24) is 9.88 Å². The molecule has 4 heteroatoms. The summed E-state index contributed by atoms with van der Waals surface area (Å²) >= 11 is 0. The van der Waals surface area contributed by atoms with Crippen LogP contribution in [0.5, 0.6) is 0 Å². The van der Waals surface area contributed by atoms with Crippen LogP contribution in [0, 0.1) is 0 Å². The second kappa shape index (κ2) is 6.16. The van der Waals surface area contributed by atoms with E-state index in [2.05, 4.69) is 27.8 Å². The summed E-state index contributed by atoms with van der Waals surface area (Å²) in [5.41, 5.74) is 1.94. The Balaban J connectivity index is 1.98. The average molecular weight is 249 g/mol. The van der Waals surface area contributed by atoms with E-state index < -0.39 is 6.10 Å². The molecule has 1 saturated heterocycles. The largest absolute Gasteiger partial charge is 0.387 e. The van der Waals surface area contributed by atoms with Crippen LogP contribution in [0.15, 0.2) is 18.3 Å². The molecule has 0 amide bonds. The van der Waals surface area contributed by atoms with E-state index in [4.69, 9.17) is 0 Å². The van der Waals surface area contributed by atoms with E-state index in [1.165, 1.54) is 0 Å². The SMILES string of the molecule is CC[C@H](O)c1ccc(N2CCN(CC)CC2)cn1. The highest BCUT2D eigenvalue weighted by Gasteiger charge is 2.16. The van der Waals surface area contributed by atoms with Crippen molar-refractivity contribution in [3.8, 4) is 0 Å².